The smallest absolute Gasteiger partial charge is 0.224 e. The molecule has 1 N–H and O–H groups in total. The van der Waals surface area contributed by atoms with Crippen LogP contribution in [0.2, 0.25) is 0 Å². The second kappa shape index (κ2) is 7.83. The Morgan fingerprint density at radius 3 is 2.28 bits per heavy atom. The fraction of sp³-hybridized carbons (Fsp3) is 0.350. The third-order valence-electron chi connectivity index (χ3n) is 4.31. The van der Waals surface area contributed by atoms with Crippen molar-refractivity contribution in [3.8, 4) is 0 Å². The summed E-state index contributed by atoms with van der Waals surface area (Å²) in [6, 6.07) is 12.7. The van der Waals surface area contributed by atoms with E-state index in [-0.39, 0.29) is 16.8 Å². The average Bonchev–Trinajstić information content (AvgIpc) is 2.55. The topological polar surface area (TPSA) is 63.2 Å². The molecule has 0 spiro atoms. The number of hydrogen-bond acceptors (Lipinski definition) is 3. The first-order valence-electron chi connectivity index (χ1n) is 8.36. The predicted molar refractivity (Wildman–Crippen MR) is 100 cm³/mol. The minimum absolute atomic E-state index is 0.0345. The molecular weight excluding hydrogens is 334 g/mol. The van der Waals surface area contributed by atoms with E-state index in [1.54, 1.807) is 24.3 Å². The first kappa shape index (κ1) is 19.2. The van der Waals surface area contributed by atoms with Gasteiger partial charge in [-0.15, -0.1) is 0 Å². The molecule has 4 nitrogen and oxygen atoms in total. The number of carbonyl (C=O) groups is 1. The normalized spacial score (nSPS) is 12.6. The van der Waals surface area contributed by atoms with Crippen molar-refractivity contribution in [2.24, 2.45) is 0 Å². The SMILES string of the molecule is CC[C@H](NC(=O)Cc1cc(C)ccc1C)c1ccc(S(C)(=O)=O)cc1. The zero-order valence-electron chi connectivity index (χ0n) is 15.2. The molecule has 0 bridgehead atoms. The van der Waals surface area contributed by atoms with Gasteiger partial charge in [-0.3, -0.25) is 4.79 Å². The largest absolute Gasteiger partial charge is 0.349 e. The summed E-state index contributed by atoms with van der Waals surface area (Å²) in [5.41, 5.74) is 4.17. The molecule has 0 aromatic heterocycles. The number of aryl methyl sites for hydroxylation is 2. The standard InChI is InChI=1S/C20H25NO3S/c1-5-19(16-8-10-18(11-9-16)25(4,23)24)21-20(22)13-17-12-14(2)6-7-15(17)3/h6-12,19H,5,13H2,1-4H3,(H,21,22)/t19-/m0/s1. The molecule has 0 radical (unpaired) electrons. The number of amides is 1. The average molecular weight is 359 g/mol. The summed E-state index contributed by atoms with van der Waals surface area (Å²) in [5.74, 6) is -0.0345. The van der Waals surface area contributed by atoms with E-state index in [1.807, 2.05) is 39.0 Å². The minimum Gasteiger partial charge on any atom is -0.349 e. The highest BCUT2D eigenvalue weighted by atomic mass is 32.2. The molecule has 2 aromatic carbocycles. The van der Waals surface area contributed by atoms with Crippen LogP contribution >= 0.6 is 0 Å². The third kappa shape index (κ3) is 5.16. The molecule has 2 aromatic rings. The molecule has 0 unspecified atom stereocenters. The van der Waals surface area contributed by atoms with E-state index in [2.05, 4.69) is 5.32 Å². The molecule has 0 heterocycles. The van der Waals surface area contributed by atoms with Gasteiger partial charge in [0.1, 0.15) is 0 Å². The Kier molecular flexibility index (Phi) is 6.01. The third-order valence-corrected chi connectivity index (χ3v) is 5.44. The van der Waals surface area contributed by atoms with Gasteiger partial charge in [-0.25, -0.2) is 8.42 Å². The first-order chi connectivity index (χ1) is 11.7. The van der Waals surface area contributed by atoms with Crippen molar-refractivity contribution in [3.63, 3.8) is 0 Å². The second-order valence-electron chi connectivity index (χ2n) is 6.48. The van der Waals surface area contributed by atoms with E-state index in [4.69, 9.17) is 0 Å². The number of nitrogens with one attached hydrogen (secondary N) is 1. The Bertz CT molecular complexity index is 855. The van der Waals surface area contributed by atoms with Crippen LogP contribution < -0.4 is 5.32 Å². The molecule has 0 aliphatic rings. The van der Waals surface area contributed by atoms with E-state index < -0.39 is 9.84 Å². The molecule has 0 fully saturated rings. The summed E-state index contributed by atoms with van der Waals surface area (Å²) < 4.78 is 23.1. The summed E-state index contributed by atoms with van der Waals surface area (Å²) in [7, 11) is -3.21. The first-order valence-corrected chi connectivity index (χ1v) is 10.3. The van der Waals surface area contributed by atoms with Crippen LogP contribution in [0.1, 0.15) is 41.6 Å². The maximum absolute atomic E-state index is 12.4. The monoisotopic (exact) mass is 359 g/mol. The summed E-state index contributed by atoms with van der Waals surface area (Å²) in [4.78, 5) is 12.7. The van der Waals surface area contributed by atoms with Crippen LogP contribution in [0, 0.1) is 13.8 Å². The maximum atomic E-state index is 12.4. The highest BCUT2D eigenvalue weighted by molar-refractivity contribution is 7.90. The Morgan fingerprint density at radius 2 is 1.72 bits per heavy atom. The molecule has 5 heteroatoms. The molecule has 0 saturated heterocycles. The van der Waals surface area contributed by atoms with Gasteiger partial charge in [0.05, 0.1) is 17.4 Å². The fourth-order valence-electron chi connectivity index (χ4n) is 2.78. The van der Waals surface area contributed by atoms with Crippen molar-refractivity contribution in [1.29, 1.82) is 0 Å². The van der Waals surface area contributed by atoms with Crippen LogP contribution in [-0.4, -0.2) is 20.6 Å². The molecule has 0 aliphatic carbocycles. The summed E-state index contributed by atoms with van der Waals surface area (Å²) >= 11 is 0. The Morgan fingerprint density at radius 1 is 1.08 bits per heavy atom. The lowest BCUT2D eigenvalue weighted by molar-refractivity contribution is -0.121. The number of hydrogen-bond donors (Lipinski definition) is 1. The number of benzene rings is 2. The van der Waals surface area contributed by atoms with Crippen molar-refractivity contribution in [3.05, 3.63) is 64.7 Å². The van der Waals surface area contributed by atoms with Gasteiger partial charge < -0.3 is 5.32 Å². The van der Waals surface area contributed by atoms with Gasteiger partial charge in [-0.1, -0.05) is 42.8 Å². The molecule has 0 aliphatic heterocycles. The van der Waals surface area contributed by atoms with Gasteiger partial charge >= 0.3 is 0 Å². The Hall–Kier alpha value is -2.14. The lowest BCUT2D eigenvalue weighted by Gasteiger charge is -2.18. The van der Waals surface area contributed by atoms with Crippen LogP contribution in [0.25, 0.3) is 0 Å². The summed E-state index contributed by atoms with van der Waals surface area (Å²) in [5, 5.41) is 3.05. The van der Waals surface area contributed by atoms with Gasteiger partial charge in [0, 0.05) is 6.26 Å². The van der Waals surface area contributed by atoms with Gasteiger partial charge in [0.25, 0.3) is 0 Å². The second-order valence-corrected chi connectivity index (χ2v) is 8.49. The molecule has 0 saturated carbocycles. The quantitative estimate of drug-likeness (QED) is 0.858. The Balaban J connectivity index is 2.11. The molecule has 1 atom stereocenters. The fourth-order valence-corrected chi connectivity index (χ4v) is 3.41. The van der Waals surface area contributed by atoms with Crippen molar-refractivity contribution >= 4 is 15.7 Å². The van der Waals surface area contributed by atoms with Crippen LogP contribution in [-0.2, 0) is 21.1 Å². The predicted octanol–water partition coefficient (Wildman–Crippen LogP) is 3.52. The van der Waals surface area contributed by atoms with Crippen LogP contribution in [0.4, 0.5) is 0 Å². The van der Waals surface area contributed by atoms with E-state index in [0.29, 0.717) is 6.42 Å². The Labute approximate surface area is 150 Å². The van der Waals surface area contributed by atoms with Crippen LogP contribution in [0.5, 0.6) is 0 Å². The van der Waals surface area contributed by atoms with E-state index >= 15 is 0 Å². The van der Waals surface area contributed by atoms with E-state index in [1.165, 1.54) is 6.26 Å². The van der Waals surface area contributed by atoms with E-state index in [9.17, 15) is 13.2 Å². The van der Waals surface area contributed by atoms with Gasteiger partial charge in [0.15, 0.2) is 9.84 Å². The van der Waals surface area contributed by atoms with E-state index in [0.717, 1.165) is 28.7 Å². The van der Waals surface area contributed by atoms with Crippen LogP contribution in [0.15, 0.2) is 47.4 Å². The summed E-state index contributed by atoms with van der Waals surface area (Å²) in [6.45, 7) is 6.01. The number of rotatable bonds is 6. The van der Waals surface area contributed by atoms with Crippen LogP contribution in [0.3, 0.4) is 0 Å². The molecular formula is C20H25NO3S. The highest BCUT2D eigenvalue weighted by Gasteiger charge is 2.15. The van der Waals surface area contributed by atoms with Gasteiger partial charge in [-0.05, 0) is 49.1 Å². The number of sulfone groups is 1. The molecule has 2 rings (SSSR count). The van der Waals surface area contributed by atoms with Crippen molar-refractivity contribution < 1.29 is 13.2 Å². The lowest BCUT2D eigenvalue weighted by Crippen LogP contribution is -2.29. The number of carbonyl (C=O) groups excluding carboxylic acids is 1. The van der Waals surface area contributed by atoms with Crippen molar-refractivity contribution in [2.45, 2.75) is 44.6 Å². The zero-order chi connectivity index (χ0) is 18.6. The zero-order valence-corrected chi connectivity index (χ0v) is 16.0. The minimum atomic E-state index is -3.21. The molecule has 1 amide bonds. The molecule has 134 valence electrons. The highest BCUT2D eigenvalue weighted by Crippen LogP contribution is 2.20. The lowest BCUT2D eigenvalue weighted by atomic mass is 10.0. The van der Waals surface area contributed by atoms with Gasteiger partial charge in [0.2, 0.25) is 5.91 Å². The van der Waals surface area contributed by atoms with Gasteiger partial charge in [-0.2, -0.15) is 0 Å². The van der Waals surface area contributed by atoms with Crippen molar-refractivity contribution in [1.82, 2.24) is 5.32 Å². The summed E-state index contributed by atoms with van der Waals surface area (Å²) in [6.07, 6.45) is 2.26. The molecule has 25 heavy (non-hydrogen) atoms. The maximum Gasteiger partial charge on any atom is 0.224 e. The van der Waals surface area contributed by atoms with Crippen molar-refractivity contribution in [2.75, 3.05) is 6.26 Å².